The molecule has 0 aliphatic carbocycles. The van der Waals surface area contributed by atoms with Crippen LogP contribution in [0, 0.1) is 0 Å². The molecule has 0 bridgehead atoms. The molecule has 3 aliphatic rings. The Hall–Kier alpha value is -3.50. The van der Waals surface area contributed by atoms with Crippen molar-refractivity contribution in [3.05, 3.63) is 41.3 Å². The zero-order chi connectivity index (χ0) is 24.6. The van der Waals surface area contributed by atoms with Crippen LogP contribution in [0.3, 0.4) is 0 Å². The number of carbonyl (C=O) groups is 2. The Bertz CT molecular complexity index is 1360. The van der Waals surface area contributed by atoms with Crippen molar-refractivity contribution in [2.45, 2.75) is 25.4 Å². The van der Waals surface area contributed by atoms with Crippen LogP contribution in [0.2, 0.25) is 0 Å². The van der Waals surface area contributed by atoms with Gasteiger partial charge in [-0.1, -0.05) is 18.2 Å². The number of carbonyl (C=O) groups excluding carboxylic acids is 2. The highest BCUT2D eigenvalue weighted by Crippen LogP contribution is 2.39. The van der Waals surface area contributed by atoms with Crippen LogP contribution in [0.4, 0.5) is 5.82 Å². The highest BCUT2D eigenvalue weighted by molar-refractivity contribution is 7.20. The third-order valence-corrected chi connectivity index (χ3v) is 7.96. The van der Waals surface area contributed by atoms with Crippen LogP contribution in [0.25, 0.3) is 27.2 Å². The number of phenols is 1. The summed E-state index contributed by atoms with van der Waals surface area (Å²) >= 11 is 1.67. The van der Waals surface area contributed by atoms with Gasteiger partial charge in [0.2, 0.25) is 0 Å². The molecule has 1 atom stereocenters. The maximum Gasteiger partial charge on any atom is 0.306 e. The Morgan fingerprint density at radius 1 is 1.11 bits per heavy atom. The molecule has 1 N–H and O–H groups in total. The zero-order valence-electron chi connectivity index (χ0n) is 19.7. The van der Waals surface area contributed by atoms with E-state index in [1.165, 1.54) is 5.57 Å². The minimum Gasteiger partial charge on any atom is -0.508 e. The lowest BCUT2D eigenvalue weighted by molar-refractivity contribution is -0.152. The molecule has 10 heteroatoms. The summed E-state index contributed by atoms with van der Waals surface area (Å²) in [6.07, 6.45) is 2.94. The minimum atomic E-state index is -0.640. The standard InChI is InChI=1S/C26H26N4O5S/c31-18-3-1-2-17(14-18)24-27-19-15-21(36-23(19)25(28-24)29-10-12-34-13-11-29)16-6-8-30(9-7-16)26(33)20-4-5-22(32)35-20/h1-3,6,14-15,20,31H,4-5,7-13H2. The first-order valence-electron chi connectivity index (χ1n) is 12.2. The number of aromatic hydroxyl groups is 1. The number of nitrogens with zero attached hydrogens (tertiary/aromatic N) is 4. The van der Waals surface area contributed by atoms with Gasteiger partial charge >= 0.3 is 5.97 Å². The van der Waals surface area contributed by atoms with Gasteiger partial charge in [0.05, 0.1) is 23.4 Å². The lowest BCUT2D eigenvalue weighted by Gasteiger charge is -2.28. The zero-order valence-corrected chi connectivity index (χ0v) is 20.5. The Labute approximate surface area is 212 Å². The fraction of sp³-hybridized carbons (Fsp3) is 0.385. The van der Waals surface area contributed by atoms with Crippen LogP contribution >= 0.6 is 11.3 Å². The molecule has 2 aromatic heterocycles. The molecule has 1 amide bonds. The first kappa shape index (κ1) is 22.9. The molecule has 3 aliphatic heterocycles. The Kier molecular flexibility index (Phi) is 6.06. The topological polar surface area (TPSA) is 105 Å². The SMILES string of the molecule is O=C1CCC(C(=O)N2CC=C(c3cc4nc(-c5cccc(O)c5)nc(N5CCOCC5)c4s3)CC2)O1. The third kappa shape index (κ3) is 4.42. The summed E-state index contributed by atoms with van der Waals surface area (Å²) in [5.41, 5.74) is 2.80. The molecule has 0 saturated carbocycles. The van der Waals surface area contributed by atoms with E-state index in [2.05, 4.69) is 17.0 Å². The predicted molar refractivity (Wildman–Crippen MR) is 136 cm³/mol. The van der Waals surface area contributed by atoms with E-state index in [0.717, 1.165) is 46.0 Å². The van der Waals surface area contributed by atoms with Gasteiger partial charge in [-0.05, 0) is 30.2 Å². The van der Waals surface area contributed by atoms with Crippen molar-refractivity contribution in [2.24, 2.45) is 0 Å². The second kappa shape index (κ2) is 9.51. The predicted octanol–water partition coefficient (Wildman–Crippen LogP) is 3.22. The minimum absolute atomic E-state index is 0.108. The van der Waals surface area contributed by atoms with E-state index < -0.39 is 6.10 Å². The number of phenolic OH excluding ortho intramolecular Hbond substituents is 1. The van der Waals surface area contributed by atoms with Crippen LogP contribution in [0.1, 0.15) is 24.1 Å². The number of rotatable bonds is 4. The van der Waals surface area contributed by atoms with Gasteiger partial charge in [0, 0.05) is 49.5 Å². The lowest BCUT2D eigenvalue weighted by atomic mass is 10.1. The molecule has 2 fully saturated rings. The second-order valence-corrected chi connectivity index (χ2v) is 10.2. The number of aromatic nitrogens is 2. The lowest BCUT2D eigenvalue weighted by Crippen LogP contribution is -2.41. The molecule has 5 heterocycles. The molecule has 2 saturated heterocycles. The van der Waals surface area contributed by atoms with Crippen molar-refractivity contribution in [3.63, 3.8) is 0 Å². The maximum absolute atomic E-state index is 12.7. The van der Waals surface area contributed by atoms with E-state index >= 15 is 0 Å². The van der Waals surface area contributed by atoms with Crippen molar-refractivity contribution in [1.29, 1.82) is 0 Å². The van der Waals surface area contributed by atoms with E-state index in [1.807, 2.05) is 6.07 Å². The fourth-order valence-corrected chi connectivity index (χ4v) is 6.01. The van der Waals surface area contributed by atoms with Crippen LogP contribution in [-0.4, -0.2) is 77.3 Å². The van der Waals surface area contributed by atoms with Gasteiger partial charge in [0.1, 0.15) is 5.75 Å². The number of fused-ring (bicyclic) bond motifs is 1. The number of benzene rings is 1. The summed E-state index contributed by atoms with van der Waals surface area (Å²) in [5.74, 6) is 1.23. The first-order chi connectivity index (χ1) is 17.5. The number of hydrogen-bond acceptors (Lipinski definition) is 9. The number of morpholine rings is 1. The van der Waals surface area contributed by atoms with Crippen molar-refractivity contribution < 1.29 is 24.2 Å². The molecule has 0 radical (unpaired) electrons. The van der Waals surface area contributed by atoms with Crippen LogP contribution in [0.5, 0.6) is 5.75 Å². The molecule has 1 unspecified atom stereocenters. The van der Waals surface area contributed by atoms with Crippen molar-refractivity contribution in [1.82, 2.24) is 14.9 Å². The monoisotopic (exact) mass is 506 g/mol. The molecular formula is C26H26N4O5S. The molecule has 9 nitrogen and oxygen atoms in total. The molecule has 1 aromatic carbocycles. The number of thiophene rings is 1. The van der Waals surface area contributed by atoms with E-state index in [4.69, 9.17) is 19.4 Å². The summed E-state index contributed by atoms with van der Waals surface area (Å²) in [6.45, 7) is 3.89. The summed E-state index contributed by atoms with van der Waals surface area (Å²) in [5, 5.41) is 9.98. The number of cyclic esters (lactones) is 1. The molecule has 3 aromatic rings. The Balaban J connectivity index is 1.32. The average Bonchev–Trinajstić information content (AvgIpc) is 3.55. The molecular weight excluding hydrogens is 480 g/mol. The van der Waals surface area contributed by atoms with Gasteiger partial charge in [-0.2, -0.15) is 0 Å². The highest BCUT2D eigenvalue weighted by Gasteiger charge is 2.33. The number of amides is 1. The smallest absolute Gasteiger partial charge is 0.306 e. The van der Waals surface area contributed by atoms with Crippen molar-refractivity contribution >= 4 is 44.8 Å². The summed E-state index contributed by atoms with van der Waals surface area (Å²) in [6, 6.07) is 9.09. The summed E-state index contributed by atoms with van der Waals surface area (Å²) in [7, 11) is 0. The number of ether oxygens (including phenoxy) is 2. The van der Waals surface area contributed by atoms with Gasteiger partial charge < -0.3 is 24.4 Å². The van der Waals surface area contributed by atoms with Crippen molar-refractivity contribution in [2.75, 3.05) is 44.3 Å². The van der Waals surface area contributed by atoms with E-state index in [0.29, 0.717) is 45.0 Å². The Morgan fingerprint density at radius 2 is 1.97 bits per heavy atom. The maximum atomic E-state index is 12.7. The van der Waals surface area contributed by atoms with Gasteiger partial charge in [-0.3, -0.25) is 9.59 Å². The quantitative estimate of drug-likeness (QED) is 0.538. The number of anilines is 1. The van der Waals surface area contributed by atoms with Gasteiger partial charge in [-0.25, -0.2) is 9.97 Å². The molecule has 186 valence electrons. The molecule has 6 rings (SSSR count). The first-order valence-corrected chi connectivity index (χ1v) is 13.0. The van der Waals surface area contributed by atoms with Crippen LogP contribution in [0.15, 0.2) is 36.4 Å². The Morgan fingerprint density at radius 3 is 2.69 bits per heavy atom. The second-order valence-electron chi connectivity index (χ2n) is 9.13. The third-order valence-electron chi connectivity index (χ3n) is 6.77. The normalized spacial score (nSPS) is 20.5. The van der Waals surface area contributed by atoms with Gasteiger partial charge in [0.15, 0.2) is 17.7 Å². The highest BCUT2D eigenvalue weighted by atomic mass is 32.1. The number of hydrogen-bond donors (Lipinski definition) is 1. The molecule has 0 spiro atoms. The number of esters is 1. The van der Waals surface area contributed by atoms with Crippen LogP contribution < -0.4 is 4.90 Å². The summed E-state index contributed by atoms with van der Waals surface area (Å²) < 4.78 is 11.7. The van der Waals surface area contributed by atoms with Crippen molar-refractivity contribution in [3.8, 4) is 17.1 Å². The van der Waals surface area contributed by atoms with Gasteiger partial charge in [-0.15, -0.1) is 11.3 Å². The van der Waals surface area contributed by atoms with E-state index in [1.54, 1.807) is 34.4 Å². The van der Waals surface area contributed by atoms with E-state index in [-0.39, 0.29) is 17.6 Å². The average molecular weight is 507 g/mol. The van der Waals surface area contributed by atoms with Gasteiger partial charge in [0.25, 0.3) is 5.91 Å². The molecule has 36 heavy (non-hydrogen) atoms. The largest absolute Gasteiger partial charge is 0.508 e. The van der Waals surface area contributed by atoms with E-state index in [9.17, 15) is 14.7 Å². The summed E-state index contributed by atoms with van der Waals surface area (Å²) in [4.78, 5) is 39.0. The van der Waals surface area contributed by atoms with Crippen LogP contribution in [-0.2, 0) is 19.1 Å². The fourth-order valence-electron chi connectivity index (χ4n) is 4.83.